The first-order chi connectivity index (χ1) is 5.27. The lowest BCUT2D eigenvalue weighted by atomic mass is 10.5. The van der Waals surface area contributed by atoms with E-state index in [1.807, 2.05) is 19.2 Å². The normalized spacial score (nSPS) is 10.6. The van der Waals surface area contributed by atoms with Crippen molar-refractivity contribution in [1.82, 2.24) is 4.40 Å². The number of aromatic nitrogens is 1. The highest BCUT2D eigenvalue weighted by molar-refractivity contribution is 7.17. The number of rotatable bonds is 0. The fraction of sp³-hybridized carbons (Fsp3) is 0.125. The number of fused-ring (bicyclic) bond motifs is 1. The highest BCUT2D eigenvalue weighted by Crippen LogP contribution is 2.13. The van der Waals surface area contributed by atoms with Crippen LogP contribution in [0.25, 0.3) is 4.83 Å². The topological polar surface area (TPSA) is 21.5 Å². The van der Waals surface area contributed by atoms with Crippen LogP contribution in [0.2, 0.25) is 0 Å². The van der Waals surface area contributed by atoms with Crippen molar-refractivity contribution in [2.45, 2.75) is 6.92 Å². The predicted octanol–water partition coefficient (Wildman–Crippen LogP) is 1.67. The third-order valence-corrected chi connectivity index (χ3v) is 2.50. The molecule has 0 N–H and O–H groups in total. The van der Waals surface area contributed by atoms with Crippen LogP contribution in [0.15, 0.2) is 29.2 Å². The Morgan fingerprint density at radius 2 is 2.27 bits per heavy atom. The van der Waals surface area contributed by atoms with Crippen molar-refractivity contribution in [2.24, 2.45) is 0 Å². The van der Waals surface area contributed by atoms with Gasteiger partial charge in [-0.2, -0.15) is 0 Å². The van der Waals surface area contributed by atoms with Crippen LogP contribution >= 0.6 is 11.3 Å². The summed E-state index contributed by atoms with van der Waals surface area (Å²) in [6.45, 7) is 2.00. The fourth-order valence-corrected chi connectivity index (χ4v) is 1.94. The number of hydrogen-bond acceptors (Lipinski definition) is 2. The number of hydrogen-bond donors (Lipinski definition) is 0. The van der Waals surface area contributed by atoms with Crippen molar-refractivity contribution in [2.75, 3.05) is 0 Å². The lowest BCUT2D eigenvalue weighted by Gasteiger charge is -1.86. The molecule has 0 saturated carbocycles. The molecular weight excluding hydrogens is 158 g/mol. The van der Waals surface area contributed by atoms with E-state index < -0.39 is 0 Å². The first-order valence-corrected chi connectivity index (χ1v) is 4.17. The van der Waals surface area contributed by atoms with Crippen LogP contribution in [0.3, 0.4) is 0 Å². The Balaban J connectivity index is 3.02. The Morgan fingerprint density at radius 1 is 1.45 bits per heavy atom. The highest BCUT2D eigenvalue weighted by atomic mass is 32.1. The standard InChI is InChI=1S/C8H7NOS/c1-6-5-9-7(10)3-2-4-8(9)11-6/h2-5H,1H3. The highest BCUT2D eigenvalue weighted by Gasteiger charge is 1.96. The number of nitrogens with zero attached hydrogens (tertiary/aromatic N) is 1. The van der Waals surface area contributed by atoms with Gasteiger partial charge in [-0.15, -0.1) is 11.3 Å². The lowest BCUT2D eigenvalue weighted by Crippen LogP contribution is -2.07. The molecule has 0 saturated heterocycles. The van der Waals surface area contributed by atoms with Gasteiger partial charge in [0.05, 0.1) is 0 Å². The Labute approximate surface area is 67.7 Å². The molecule has 0 aliphatic carbocycles. The molecule has 2 aromatic rings. The zero-order valence-corrected chi connectivity index (χ0v) is 6.89. The second-order valence-electron chi connectivity index (χ2n) is 2.41. The van der Waals surface area contributed by atoms with Gasteiger partial charge in [0.25, 0.3) is 5.56 Å². The smallest absolute Gasteiger partial charge is 0.255 e. The lowest BCUT2D eigenvalue weighted by molar-refractivity contribution is 1.12. The fourth-order valence-electron chi connectivity index (χ4n) is 1.07. The molecule has 2 nitrogen and oxygen atoms in total. The van der Waals surface area contributed by atoms with Crippen molar-refractivity contribution in [3.63, 3.8) is 0 Å². The summed E-state index contributed by atoms with van der Waals surface area (Å²) in [5.74, 6) is 0. The Hall–Kier alpha value is -1.09. The van der Waals surface area contributed by atoms with E-state index in [0.717, 1.165) is 9.71 Å². The number of thiazole rings is 1. The van der Waals surface area contributed by atoms with Gasteiger partial charge >= 0.3 is 0 Å². The van der Waals surface area contributed by atoms with E-state index in [1.54, 1.807) is 27.9 Å². The molecule has 2 aromatic heterocycles. The van der Waals surface area contributed by atoms with E-state index in [0.29, 0.717) is 0 Å². The van der Waals surface area contributed by atoms with Gasteiger partial charge in [0.1, 0.15) is 4.83 Å². The van der Waals surface area contributed by atoms with E-state index >= 15 is 0 Å². The molecule has 0 spiro atoms. The van der Waals surface area contributed by atoms with Crippen molar-refractivity contribution in [3.8, 4) is 0 Å². The molecule has 0 unspecified atom stereocenters. The van der Waals surface area contributed by atoms with Gasteiger partial charge in [-0.05, 0) is 13.0 Å². The van der Waals surface area contributed by atoms with Crippen molar-refractivity contribution in [1.29, 1.82) is 0 Å². The first-order valence-electron chi connectivity index (χ1n) is 3.35. The van der Waals surface area contributed by atoms with Gasteiger partial charge < -0.3 is 0 Å². The summed E-state index contributed by atoms with van der Waals surface area (Å²) >= 11 is 1.63. The first kappa shape index (κ1) is 6.61. The summed E-state index contributed by atoms with van der Waals surface area (Å²) in [6.07, 6.45) is 1.86. The second-order valence-corrected chi connectivity index (χ2v) is 3.68. The van der Waals surface area contributed by atoms with Crippen LogP contribution in [-0.4, -0.2) is 4.40 Å². The molecule has 2 heterocycles. The maximum atomic E-state index is 11.2. The molecule has 0 atom stereocenters. The third-order valence-electron chi connectivity index (χ3n) is 1.53. The van der Waals surface area contributed by atoms with E-state index in [1.165, 1.54) is 0 Å². The Kier molecular flexibility index (Phi) is 1.32. The molecule has 56 valence electrons. The minimum absolute atomic E-state index is 0.0480. The molecule has 0 bridgehead atoms. The quantitative estimate of drug-likeness (QED) is 0.582. The maximum absolute atomic E-state index is 11.2. The number of pyridine rings is 1. The zero-order valence-electron chi connectivity index (χ0n) is 6.07. The van der Waals surface area contributed by atoms with Crippen molar-refractivity contribution in [3.05, 3.63) is 39.6 Å². The van der Waals surface area contributed by atoms with Gasteiger partial charge in [0, 0.05) is 17.1 Å². The van der Waals surface area contributed by atoms with Crippen LogP contribution in [0.4, 0.5) is 0 Å². The Morgan fingerprint density at radius 3 is 3.00 bits per heavy atom. The van der Waals surface area contributed by atoms with E-state index in [2.05, 4.69) is 0 Å². The molecule has 0 aliphatic rings. The van der Waals surface area contributed by atoms with Crippen molar-refractivity contribution >= 4 is 16.2 Å². The van der Waals surface area contributed by atoms with Crippen LogP contribution in [-0.2, 0) is 0 Å². The molecule has 11 heavy (non-hydrogen) atoms. The minimum atomic E-state index is 0.0480. The summed E-state index contributed by atoms with van der Waals surface area (Å²) in [5.41, 5.74) is 0.0480. The molecule has 0 fully saturated rings. The molecule has 0 aromatic carbocycles. The SMILES string of the molecule is Cc1cn2c(=O)cccc2s1. The van der Waals surface area contributed by atoms with E-state index in [-0.39, 0.29) is 5.56 Å². The van der Waals surface area contributed by atoms with Crippen LogP contribution in [0.1, 0.15) is 4.88 Å². The van der Waals surface area contributed by atoms with Crippen LogP contribution in [0.5, 0.6) is 0 Å². The molecule has 0 radical (unpaired) electrons. The van der Waals surface area contributed by atoms with Gasteiger partial charge in [0.15, 0.2) is 0 Å². The van der Waals surface area contributed by atoms with Crippen molar-refractivity contribution < 1.29 is 0 Å². The largest absolute Gasteiger partial charge is 0.274 e. The summed E-state index contributed by atoms with van der Waals surface area (Å²) in [5, 5.41) is 0. The van der Waals surface area contributed by atoms with Crippen LogP contribution < -0.4 is 5.56 Å². The van der Waals surface area contributed by atoms with E-state index in [4.69, 9.17) is 0 Å². The van der Waals surface area contributed by atoms with E-state index in [9.17, 15) is 4.79 Å². The summed E-state index contributed by atoms with van der Waals surface area (Å²) in [7, 11) is 0. The third kappa shape index (κ3) is 0.973. The second kappa shape index (κ2) is 2.20. The molecular formula is C8H7NOS. The van der Waals surface area contributed by atoms with Gasteiger partial charge in [-0.25, -0.2) is 0 Å². The summed E-state index contributed by atoms with van der Waals surface area (Å²) in [6, 6.07) is 5.30. The maximum Gasteiger partial charge on any atom is 0.255 e. The molecule has 3 heteroatoms. The molecule has 0 amide bonds. The summed E-state index contributed by atoms with van der Waals surface area (Å²) in [4.78, 5) is 13.3. The molecule has 2 rings (SSSR count). The van der Waals surface area contributed by atoms with Crippen LogP contribution in [0, 0.1) is 6.92 Å². The number of aryl methyl sites for hydroxylation is 1. The summed E-state index contributed by atoms with van der Waals surface area (Å²) < 4.78 is 1.67. The average molecular weight is 165 g/mol. The van der Waals surface area contributed by atoms with Gasteiger partial charge in [-0.3, -0.25) is 9.20 Å². The zero-order chi connectivity index (χ0) is 7.84. The molecule has 0 aliphatic heterocycles. The predicted molar refractivity (Wildman–Crippen MR) is 46.3 cm³/mol. The average Bonchev–Trinajstić information content (AvgIpc) is 2.31. The van der Waals surface area contributed by atoms with Gasteiger partial charge in [-0.1, -0.05) is 6.07 Å². The monoisotopic (exact) mass is 165 g/mol. The minimum Gasteiger partial charge on any atom is -0.274 e. The Bertz CT molecular complexity index is 441. The van der Waals surface area contributed by atoms with Gasteiger partial charge in [0.2, 0.25) is 0 Å².